The van der Waals surface area contributed by atoms with E-state index in [1.54, 1.807) is 7.11 Å². The minimum atomic E-state index is 0.484. The fraction of sp³-hybridized carbons (Fsp3) is 0.143. The fourth-order valence-electron chi connectivity index (χ4n) is 1.55. The van der Waals surface area contributed by atoms with Crippen LogP contribution in [0.4, 0.5) is 5.69 Å². The fourth-order valence-corrected chi connectivity index (χ4v) is 2.47. The largest absolute Gasteiger partial charge is 0.496 e. The van der Waals surface area contributed by atoms with Crippen LogP contribution in [-0.4, -0.2) is 7.11 Å². The third-order valence-electron chi connectivity index (χ3n) is 2.58. The van der Waals surface area contributed by atoms with E-state index in [9.17, 15) is 0 Å². The molecule has 0 fully saturated rings. The third-order valence-corrected chi connectivity index (χ3v) is 3.82. The standard InChI is InChI=1S/C14H13Br2NO2/c1-18-13-6-12(16)14(7-11(13)15)19-8-9-2-4-10(17)5-3-9/h2-7H,8,17H2,1H3. The van der Waals surface area contributed by atoms with Crippen molar-refractivity contribution in [2.45, 2.75) is 6.61 Å². The molecular weight excluding hydrogens is 374 g/mol. The van der Waals surface area contributed by atoms with E-state index in [2.05, 4.69) is 31.9 Å². The highest BCUT2D eigenvalue weighted by Crippen LogP contribution is 2.36. The van der Waals surface area contributed by atoms with Crippen LogP contribution in [0, 0.1) is 0 Å². The Labute approximate surface area is 129 Å². The number of hydrogen-bond donors (Lipinski definition) is 1. The molecule has 0 amide bonds. The summed E-state index contributed by atoms with van der Waals surface area (Å²) in [6, 6.07) is 11.3. The van der Waals surface area contributed by atoms with Gasteiger partial charge in [0.25, 0.3) is 0 Å². The van der Waals surface area contributed by atoms with Crippen LogP contribution in [-0.2, 0) is 6.61 Å². The highest BCUT2D eigenvalue weighted by atomic mass is 79.9. The smallest absolute Gasteiger partial charge is 0.135 e. The molecule has 0 bridgehead atoms. The maximum absolute atomic E-state index is 5.77. The molecule has 0 aliphatic carbocycles. The van der Waals surface area contributed by atoms with Gasteiger partial charge in [-0.05, 0) is 61.7 Å². The summed E-state index contributed by atoms with van der Waals surface area (Å²) in [7, 11) is 1.63. The Morgan fingerprint density at radius 2 is 1.58 bits per heavy atom. The van der Waals surface area contributed by atoms with Crippen molar-refractivity contribution in [3.63, 3.8) is 0 Å². The lowest BCUT2D eigenvalue weighted by molar-refractivity contribution is 0.303. The number of ether oxygens (including phenoxy) is 2. The Kier molecular flexibility index (Phi) is 4.71. The van der Waals surface area contributed by atoms with Crippen LogP contribution in [0.1, 0.15) is 5.56 Å². The second-order valence-electron chi connectivity index (χ2n) is 3.95. The first kappa shape index (κ1) is 14.2. The van der Waals surface area contributed by atoms with Gasteiger partial charge in [-0.25, -0.2) is 0 Å². The van der Waals surface area contributed by atoms with E-state index in [4.69, 9.17) is 15.2 Å². The molecule has 100 valence electrons. The predicted molar refractivity (Wildman–Crippen MR) is 83.6 cm³/mol. The van der Waals surface area contributed by atoms with Gasteiger partial charge in [0.15, 0.2) is 0 Å². The van der Waals surface area contributed by atoms with Gasteiger partial charge in [0.05, 0.1) is 16.1 Å². The Bertz CT molecular complexity index is 570. The van der Waals surface area contributed by atoms with Gasteiger partial charge in [-0.1, -0.05) is 12.1 Å². The quantitative estimate of drug-likeness (QED) is 0.793. The minimum Gasteiger partial charge on any atom is -0.496 e. The van der Waals surface area contributed by atoms with E-state index in [1.807, 2.05) is 36.4 Å². The van der Waals surface area contributed by atoms with E-state index >= 15 is 0 Å². The normalized spacial score (nSPS) is 10.3. The summed E-state index contributed by atoms with van der Waals surface area (Å²) in [6.45, 7) is 0.484. The zero-order valence-electron chi connectivity index (χ0n) is 10.3. The number of methoxy groups -OCH3 is 1. The van der Waals surface area contributed by atoms with Crippen LogP contribution >= 0.6 is 31.9 Å². The van der Waals surface area contributed by atoms with Crippen LogP contribution in [0.25, 0.3) is 0 Å². The molecule has 0 radical (unpaired) electrons. The Morgan fingerprint density at radius 1 is 1.00 bits per heavy atom. The molecule has 5 heteroatoms. The Morgan fingerprint density at radius 3 is 2.21 bits per heavy atom. The lowest BCUT2D eigenvalue weighted by atomic mass is 10.2. The first-order valence-corrected chi connectivity index (χ1v) is 7.19. The predicted octanol–water partition coefficient (Wildman–Crippen LogP) is 4.38. The zero-order chi connectivity index (χ0) is 13.8. The van der Waals surface area contributed by atoms with E-state index < -0.39 is 0 Å². The maximum atomic E-state index is 5.77. The topological polar surface area (TPSA) is 44.5 Å². The average Bonchev–Trinajstić information content (AvgIpc) is 2.41. The SMILES string of the molecule is COc1cc(Br)c(OCc2ccc(N)cc2)cc1Br. The van der Waals surface area contributed by atoms with Gasteiger partial charge in [-0.15, -0.1) is 0 Å². The molecule has 0 atom stereocenters. The highest BCUT2D eigenvalue weighted by Gasteiger charge is 2.08. The van der Waals surface area contributed by atoms with Crippen molar-refractivity contribution in [1.29, 1.82) is 0 Å². The number of anilines is 1. The third kappa shape index (κ3) is 3.64. The lowest BCUT2D eigenvalue weighted by Gasteiger charge is -2.11. The molecule has 2 N–H and O–H groups in total. The van der Waals surface area contributed by atoms with Gasteiger partial charge >= 0.3 is 0 Å². The number of rotatable bonds is 4. The van der Waals surface area contributed by atoms with Crippen molar-refractivity contribution in [1.82, 2.24) is 0 Å². The molecule has 2 aromatic carbocycles. The van der Waals surface area contributed by atoms with E-state index in [-0.39, 0.29) is 0 Å². The van der Waals surface area contributed by atoms with Crippen molar-refractivity contribution in [3.8, 4) is 11.5 Å². The van der Waals surface area contributed by atoms with Gasteiger partial charge < -0.3 is 15.2 Å². The molecule has 0 saturated heterocycles. The maximum Gasteiger partial charge on any atom is 0.135 e. The summed E-state index contributed by atoms with van der Waals surface area (Å²) in [5, 5.41) is 0. The van der Waals surface area contributed by atoms with Crippen LogP contribution in [0.5, 0.6) is 11.5 Å². The van der Waals surface area contributed by atoms with Gasteiger partial charge in [0.2, 0.25) is 0 Å². The lowest BCUT2D eigenvalue weighted by Crippen LogP contribution is -1.97. The van der Waals surface area contributed by atoms with Crippen LogP contribution in [0.3, 0.4) is 0 Å². The first-order valence-electron chi connectivity index (χ1n) is 5.60. The van der Waals surface area contributed by atoms with Crippen molar-refractivity contribution < 1.29 is 9.47 Å². The molecule has 0 aromatic heterocycles. The molecule has 3 nitrogen and oxygen atoms in total. The second kappa shape index (κ2) is 6.30. The first-order chi connectivity index (χ1) is 9.10. The van der Waals surface area contributed by atoms with E-state index in [1.165, 1.54) is 0 Å². The number of nitrogens with two attached hydrogens (primary N) is 1. The Balaban J connectivity index is 2.11. The Hall–Kier alpha value is -1.20. The second-order valence-corrected chi connectivity index (χ2v) is 5.66. The molecule has 2 rings (SSSR count). The molecular formula is C14H13Br2NO2. The average molecular weight is 387 g/mol. The van der Waals surface area contributed by atoms with Gasteiger partial charge in [0, 0.05) is 5.69 Å². The summed E-state index contributed by atoms with van der Waals surface area (Å²) >= 11 is 6.90. The number of halogens is 2. The summed E-state index contributed by atoms with van der Waals surface area (Å²) in [5.74, 6) is 1.51. The number of nitrogen functional groups attached to an aromatic ring is 1. The highest BCUT2D eigenvalue weighted by molar-refractivity contribution is 9.11. The monoisotopic (exact) mass is 385 g/mol. The summed E-state index contributed by atoms with van der Waals surface area (Å²) in [6.07, 6.45) is 0. The van der Waals surface area contributed by atoms with Crippen LogP contribution < -0.4 is 15.2 Å². The van der Waals surface area contributed by atoms with Gasteiger partial charge in [-0.3, -0.25) is 0 Å². The van der Waals surface area contributed by atoms with Crippen LogP contribution in [0.15, 0.2) is 45.3 Å². The number of benzene rings is 2. The summed E-state index contributed by atoms with van der Waals surface area (Å²) in [4.78, 5) is 0. The van der Waals surface area contributed by atoms with Crippen LogP contribution in [0.2, 0.25) is 0 Å². The molecule has 0 unspecified atom stereocenters. The van der Waals surface area contributed by atoms with Gasteiger partial charge in [-0.2, -0.15) is 0 Å². The van der Waals surface area contributed by atoms with E-state index in [0.717, 1.165) is 31.7 Å². The molecule has 0 spiro atoms. The summed E-state index contributed by atoms with van der Waals surface area (Å²) in [5.41, 5.74) is 7.45. The van der Waals surface area contributed by atoms with Gasteiger partial charge in [0.1, 0.15) is 18.1 Å². The number of hydrogen-bond acceptors (Lipinski definition) is 3. The molecule has 0 saturated carbocycles. The van der Waals surface area contributed by atoms with Crippen molar-refractivity contribution in [2.75, 3.05) is 12.8 Å². The molecule has 0 aliphatic heterocycles. The molecule has 0 aliphatic rings. The van der Waals surface area contributed by atoms with E-state index in [0.29, 0.717) is 6.61 Å². The zero-order valence-corrected chi connectivity index (χ0v) is 13.5. The molecule has 2 aromatic rings. The van der Waals surface area contributed by atoms with Crippen molar-refractivity contribution in [2.24, 2.45) is 0 Å². The molecule has 19 heavy (non-hydrogen) atoms. The minimum absolute atomic E-state index is 0.484. The molecule has 0 heterocycles. The summed E-state index contributed by atoms with van der Waals surface area (Å²) < 4.78 is 12.7. The van der Waals surface area contributed by atoms with Crippen molar-refractivity contribution >= 4 is 37.5 Å². The van der Waals surface area contributed by atoms with Crippen molar-refractivity contribution in [3.05, 3.63) is 50.9 Å².